The van der Waals surface area contributed by atoms with E-state index in [1.54, 1.807) is 20.2 Å². The summed E-state index contributed by atoms with van der Waals surface area (Å²) in [5, 5.41) is 11.6. The van der Waals surface area contributed by atoms with Gasteiger partial charge in [0.05, 0.1) is 35.6 Å². The number of hydrogen-bond donors (Lipinski definition) is 2. The molecule has 0 unspecified atom stereocenters. The third-order valence-electron chi connectivity index (χ3n) is 4.07. The Morgan fingerprint density at radius 1 is 1.35 bits per heavy atom. The van der Waals surface area contributed by atoms with Crippen LogP contribution in [0, 0.1) is 0 Å². The van der Waals surface area contributed by atoms with Crippen LogP contribution in [0.4, 0.5) is 5.82 Å². The first-order chi connectivity index (χ1) is 10.9. The number of rotatable bonds is 5. The summed E-state index contributed by atoms with van der Waals surface area (Å²) in [6.45, 7) is 6.46. The third-order valence-corrected chi connectivity index (χ3v) is 4.07. The predicted molar refractivity (Wildman–Crippen MR) is 91.3 cm³/mol. The van der Waals surface area contributed by atoms with Gasteiger partial charge >= 0.3 is 0 Å². The third kappa shape index (κ3) is 2.75. The summed E-state index contributed by atoms with van der Waals surface area (Å²) in [6, 6.07) is 7.51. The largest absolute Gasteiger partial charge is 0.388 e. The van der Waals surface area contributed by atoms with Crippen molar-refractivity contribution in [1.29, 1.82) is 0 Å². The van der Waals surface area contributed by atoms with Gasteiger partial charge in [0, 0.05) is 12.0 Å². The summed E-state index contributed by atoms with van der Waals surface area (Å²) in [5.74, 6) is 0.392. The minimum absolute atomic E-state index is 0.280. The van der Waals surface area contributed by atoms with Gasteiger partial charge in [-0.3, -0.25) is 0 Å². The maximum Gasteiger partial charge on any atom is 0.152 e. The van der Waals surface area contributed by atoms with Crippen LogP contribution in [0.5, 0.6) is 0 Å². The van der Waals surface area contributed by atoms with Crippen LogP contribution in [0.1, 0.15) is 26.8 Å². The number of benzene rings is 1. The van der Waals surface area contributed by atoms with Gasteiger partial charge in [0.2, 0.25) is 0 Å². The van der Waals surface area contributed by atoms with Crippen LogP contribution in [0.2, 0.25) is 0 Å². The lowest BCUT2D eigenvalue weighted by atomic mass is 9.99. The van der Waals surface area contributed by atoms with Crippen LogP contribution >= 0.6 is 0 Å². The Morgan fingerprint density at radius 3 is 2.78 bits per heavy atom. The monoisotopic (exact) mass is 314 g/mol. The zero-order valence-electron chi connectivity index (χ0n) is 13.7. The van der Waals surface area contributed by atoms with Gasteiger partial charge in [0.15, 0.2) is 5.82 Å². The van der Waals surface area contributed by atoms with Gasteiger partial charge in [-0.2, -0.15) is 0 Å². The smallest absolute Gasteiger partial charge is 0.152 e. The molecule has 6 nitrogen and oxygen atoms in total. The SMILES string of the molecule is CCOC[C@H](n1cnc2c(N)nc3ccccc3c21)C(C)(C)O. The molecule has 1 aromatic carbocycles. The molecule has 3 rings (SSSR count). The summed E-state index contributed by atoms with van der Waals surface area (Å²) in [4.78, 5) is 8.83. The zero-order chi connectivity index (χ0) is 16.6. The molecule has 0 saturated heterocycles. The molecule has 0 aliphatic carbocycles. The molecule has 0 fully saturated rings. The number of nitrogen functional groups attached to an aromatic ring is 1. The van der Waals surface area contributed by atoms with Crippen molar-refractivity contribution >= 4 is 27.8 Å². The molecule has 6 heteroatoms. The van der Waals surface area contributed by atoms with E-state index in [4.69, 9.17) is 10.5 Å². The Kier molecular flexibility index (Phi) is 3.95. The summed E-state index contributed by atoms with van der Waals surface area (Å²) < 4.78 is 7.53. The Bertz CT molecular complexity index is 836. The molecule has 3 aromatic rings. The first-order valence-electron chi connectivity index (χ1n) is 7.74. The number of para-hydroxylation sites is 1. The van der Waals surface area contributed by atoms with E-state index in [0.717, 1.165) is 16.4 Å². The molecule has 122 valence electrons. The Hall–Kier alpha value is -2.18. The van der Waals surface area contributed by atoms with E-state index in [0.29, 0.717) is 24.5 Å². The van der Waals surface area contributed by atoms with Crippen LogP contribution in [0.25, 0.3) is 21.9 Å². The molecule has 0 aliphatic heterocycles. The lowest BCUT2D eigenvalue weighted by Gasteiger charge is -2.31. The van der Waals surface area contributed by atoms with E-state index in [9.17, 15) is 5.11 Å². The number of ether oxygens (including phenoxy) is 1. The molecular weight excluding hydrogens is 292 g/mol. The minimum atomic E-state index is -0.970. The van der Waals surface area contributed by atoms with Gasteiger partial charge in [0.25, 0.3) is 0 Å². The summed E-state index contributed by atoms with van der Waals surface area (Å²) in [6.07, 6.45) is 1.71. The van der Waals surface area contributed by atoms with Gasteiger partial charge in [-0.15, -0.1) is 0 Å². The van der Waals surface area contributed by atoms with Gasteiger partial charge in [0.1, 0.15) is 5.52 Å². The van der Waals surface area contributed by atoms with Crippen LogP contribution in [-0.2, 0) is 4.74 Å². The van der Waals surface area contributed by atoms with Gasteiger partial charge in [-0.05, 0) is 26.8 Å². The van der Waals surface area contributed by atoms with Crippen molar-refractivity contribution in [3.63, 3.8) is 0 Å². The predicted octanol–water partition coefficient (Wildman–Crippen LogP) is 2.52. The van der Waals surface area contributed by atoms with Crippen LogP contribution in [-0.4, -0.2) is 38.5 Å². The molecule has 0 aliphatic rings. The first-order valence-corrected chi connectivity index (χ1v) is 7.74. The number of nitrogens with two attached hydrogens (primary N) is 1. The maximum atomic E-state index is 10.6. The average molecular weight is 314 g/mol. The van der Waals surface area contributed by atoms with Crippen molar-refractivity contribution in [1.82, 2.24) is 14.5 Å². The standard InChI is InChI=1S/C17H22N4O2/c1-4-23-9-13(17(2,3)22)21-10-19-14-15(21)11-7-5-6-8-12(11)20-16(14)18/h5-8,10,13,22H,4,9H2,1-3H3,(H2,18,20)/t13-/m0/s1. The van der Waals surface area contributed by atoms with Crippen molar-refractivity contribution in [2.75, 3.05) is 18.9 Å². The van der Waals surface area contributed by atoms with E-state index in [1.165, 1.54) is 0 Å². The summed E-state index contributed by atoms with van der Waals surface area (Å²) in [5.41, 5.74) is 7.43. The van der Waals surface area contributed by atoms with Gasteiger partial charge in [-0.1, -0.05) is 18.2 Å². The minimum Gasteiger partial charge on any atom is -0.388 e. The number of hydrogen-bond acceptors (Lipinski definition) is 5. The highest BCUT2D eigenvalue weighted by atomic mass is 16.5. The Balaban J connectivity index is 2.28. The molecule has 2 heterocycles. The fourth-order valence-electron chi connectivity index (χ4n) is 2.86. The van der Waals surface area contributed by atoms with Crippen molar-refractivity contribution in [3.05, 3.63) is 30.6 Å². The number of aliphatic hydroxyl groups is 1. The van der Waals surface area contributed by atoms with Crippen molar-refractivity contribution in [2.24, 2.45) is 0 Å². The lowest BCUT2D eigenvalue weighted by molar-refractivity contribution is -0.0181. The van der Waals surface area contributed by atoms with Crippen LogP contribution < -0.4 is 5.73 Å². The number of anilines is 1. The molecular formula is C17H22N4O2. The van der Waals surface area contributed by atoms with E-state index in [-0.39, 0.29) is 6.04 Å². The van der Waals surface area contributed by atoms with E-state index in [2.05, 4.69) is 9.97 Å². The molecule has 0 amide bonds. The molecule has 0 spiro atoms. The summed E-state index contributed by atoms with van der Waals surface area (Å²) in [7, 11) is 0. The topological polar surface area (TPSA) is 86.2 Å². The fraction of sp³-hybridized carbons (Fsp3) is 0.412. The quantitative estimate of drug-likeness (QED) is 0.755. The van der Waals surface area contributed by atoms with Gasteiger partial charge < -0.3 is 20.1 Å². The molecule has 0 bridgehead atoms. The number of aromatic nitrogens is 3. The average Bonchev–Trinajstić information content (AvgIpc) is 2.92. The molecule has 1 atom stereocenters. The van der Waals surface area contributed by atoms with Crippen molar-refractivity contribution < 1.29 is 9.84 Å². The normalized spacial score (nSPS) is 13.7. The van der Waals surface area contributed by atoms with Crippen LogP contribution in [0.15, 0.2) is 30.6 Å². The molecule has 2 aromatic heterocycles. The number of nitrogens with zero attached hydrogens (tertiary/aromatic N) is 3. The lowest BCUT2D eigenvalue weighted by Crippen LogP contribution is -2.36. The second-order valence-corrected chi connectivity index (χ2v) is 6.19. The van der Waals surface area contributed by atoms with Crippen molar-refractivity contribution in [2.45, 2.75) is 32.4 Å². The number of imidazole rings is 1. The number of fused-ring (bicyclic) bond motifs is 3. The van der Waals surface area contributed by atoms with E-state index < -0.39 is 5.60 Å². The maximum absolute atomic E-state index is 10.6. The second kappa shape index (κ2) is 5.79. The van der Waals surface area contributed by atoms with E-state index >= 15 is 0 Å². The highest BCUT2D eigenvalue weighted by Crippen LogP contribution is 2.32. The first kappa shape index (κ1) is 15.7. The summed E-state index contributed by atoms with van der Waals surface area (Å²) >= 11 is 0. The highest BCUT2D eigenvalue weighted by Gasteiger charge is 2.30. The van der Waals surface area contributed by atoms with Crippen molar-refractivity contribution in [3.8, 4) is 0 Å². The Morgan fingerprint density at radius 2 is 2.09 bits per heavy atom. The fourth-order valence-corrected chi connectivity index (χ4v) is 2.86. The number of pyridine rings is 1. The van der Waals surface area contributed by atoms with Gasteiger partial charge in [-0.25, -0.2) is 9.97 Å². The van der Waals surface area contributed by atoms with Crippen LogP contribution in [0.3, 0.4) is 0 Å². The molecule has 23 heavy (non-hydrogen) atoms. The second-order valence-electron chi connectivity index (χ2n) is 6.19. The highest BCUT2D eigenvalue weighted by molar-refractivity contribution is 6.06. The molecule has 3 N–H and O–H groups in total. The molecule has 0 saturated carbocycles. The van der Waals surface area contributed by atoms with E-state index in [1.807, 2.05) is 35.8 Å². The Labute approximate surface area is 134 Å². The zero-order valence-corrected chi connectivity index (χ0v) is 13.7. The molecule has 0 radical (unpaired) electrons.